The fourth-order valence-corrected chi connectivity index (χ4v) is 8.22. The van der Waals surface area contributed by atoms with Crippen molar-refractivity contribution in [3.05, 3.63) is 96.1 Å². The molecule has 47 heavy (non-hydrogen) atoms. The molecule has 5 aromatic carbocycles. The SMILES string of the molecule is CCN1C(=O)/C(=N\c2cc3c(cc(-c4ccc(N(c5ccc(C)cc5)c5ccc(C)cc5)cc4)c4nsnc43)c3nsnc23)SC1=S. The van der Waals surface area contributed by atoms with Crippen molar-refractivity contribution in [1.29, 1.82) is 0 Å². The summed E-state index contributed by atoms with van der Waals surface area (Å²) in [6.45, 7) is 6.59. The minimum atomic E-state index is -0.193. The minimum absolute atomic E-state index is 0.193. The van der Waals surface area contributed by atoms with Gasteiger partial charge in [-0.15, -0.1) is 0 Å². The van der Waals surface area contributed by atoms with Crippen molar-refractivity contribution >= 4 is 118 Å². The lowest BCUT2D eigenvalue weighted by atomic mass is 9.97. The van der Waals surface area contributed by atoms with Gasteiger partial charge in [-0.1, -0.05) is 59.7 Å². The van der Waals surface area contributed by atoms with Crippen LogP contribution in [0.3, 0.4) is 0 Å². The summed E-state index contributed by atoms with van der Waals surface area (Å²) in [6.07, 6.45) is 0. The number of hydrogen-bond acceptors (Lipinski definition) is 11. The molecule has 1 saturated heterocycles. The minimum Gasteiger partial charge on any atom is -0.311 e. The molecule has 7 aromatic rings. The van der Waals surface area contributed by atoms with Crippen LogP contribution in [0.1, 0.15) is 18.1 Å². The molecule has 0 aliphatic carbocycles. The van der Waals surface area contributed by atoms with Crippen molar-refractivity contribution in [2.45, 2.75) is 20.8 Å². The maximum Gasteiger partial charge on any atom is 0.284 e. The predicted octanol–water partition coefficient (Wildman–Crippen LogP) is 9.51. The fraction of sp³-hybridized carbons (Fsp3) is 0.114. The lowest BCUT2D eigenvalue weighted by Crippen LogP contribution is -2.29. The summed E-state index contributed by atoms with van der Waals surface area (Å²) in [6, 6.07) is 29.8. The zero-order chi connectivity index (χ0) is 32.2. The van der Waals surface area contributed by atoms with Crippen molar-refractivity contribution in [2.24, 2.45) is 4.99 Å². The van der Waals surface area contributed by atoms with E-state index in [1.54, 1.807) is 4.90 Å². The van der Waals surface area contributed by atoms with Gasteiger partial charge >= 0.3 is 0 Å². The zero-order valence-corrected chi connectivity index (χ0v) is 28.7. The molecule has 0 atom stereocenters. The van der Waals surface area contributed by atoms with Crippen LogP contribution in [0.2, 0.25) is 0 Å². The number of amides is 1. The van der Waals surface area contributed by atoms with Gasteiger partial charge < -0.3 is 4.90 Å². The average Bonchev–Trinajstić information content (AvgIpc) is 3.83. The van der Waals surface area contributed by atoms with Gasteiger partial charge in [0.25, 0.3) is 5.91 Å². The van der Waals surface area contributed by atoms with Crippen molar-refractivity contribution in [1.82, 2.24) is 22.4 Å². The van der Waals surface area contributed by atoms with E-state index in [9.17, 15) is 4.79 Å². The maximum atomic E-state index is 12.9. The largest absolute Gasteiger partial charge is 0.311 e. The number of aromatic nitrogens is 4. The first-order valence-electron chi connectivity index (χ1n) is 14.9. The molecule has 2 aromatic heterocycles. The van der Waals surface area contributed by atoms with E-state index in [0.29, 0.717) is 27.1 Å². The first-order chi connectivity index (χ1) is 22.9. The Bertz CT molecular complexity index is 2340. The Balaban J connectivity index is 1.24. The molecule has 1 aliphatic heterocycles. The second-order valence-electron chi connectivity index (χ2n) is 11.2. The smallest absolute Gasteiger partial charge is 0.284 e. The Morgan fingerprint density at radius 1 is 0.723 bits per heavy atom. The molecule has 0 saturated carbocycles. The van der Waals surface area contributed by atoms with Gasteiger partial charge in [0.15, 0.2) is 5.04 Å². The number of carbonyl (C=O) groups is 1. The van der Waals surface area contributed by atoms with Crippen LogP contribution in [0.25, 0.3) is 44.0 Å². The number of rotatable bonds is 6. The van der Waals surface area contributed by atoms with Crippen LogP contribution in [0.5, 0.6) is 0 Å². The third-order valence-corrected chi connectivity index (χ3v) is 10.6. The maximum absolute atomic E-state index is 12.9. The molecule has 230 valence electrons. The molecule has 8 rings (SSSR count). The number of benzene rings is 5. The Labute approximate surface area is 288 Å². The predicted molar refractivity (Wildman–Crippen MR) is 200 cm³/mol. The van der Waals surface area contributed by atoms with Crippen LogP contribution < -0.4 is 4.90 Å². The molecule has 0 spiro atoms. The van der Waals surface area contributed by atoms with Gasteiger partial charge in [0.05, 0.1) is 29.1 Å². The van der Waals surface area contributed by atoms with Gasteiger partial charge in [-0.2, -0.15) is 17.5 Å². The van der Waals surface area contributed by atoms with E-state index in [-0.39, 0.29) is 5.91 Å². The fourth-order valence-electron chi connectivity index (χ4n) is 5.80. The third kappa shape index (κ3) is 5.17. The van der Waals surface area contributed by atoms with E-state index in [4.69, 9.17) is 26.0 Å². The molecule has 0 radical (unpaired) electrons. The van der Waals surface area contributed by atoms with Gasteiger partial charge in [0.1, 0.15) is 26.4 Å². The average molecular weight is 688 g/mol. The number of thiocarbonyl (C=S) groups is 1. The van der Waals surface area contributed by atoms with Gasteiger partial charge in [-0.05, 0) is 86.6 Å². The molecule has 0 bridgehead atoms. The van der Waals surface area contributed by atoms with Crippen molar-refractivity contribution < 1.29 is 4.79 Å². The van der Waals surface area contributed by atoms with E-state index < -0.39 is 0 Å². The highest BCUT2D eigenvalue weighted by Gasteiger charge is 2.33. The lowest BCUT2D eigenvalue weighted by molar-refractivity contribution is -0.119. The van der Waals surface area contributed by atoms with E-state index in [1.165, 1.54) is 34.6 Å². The highest BCUT2D eigenvalue weighted by Crippen LogP contribution is 2.42. The molecule has 0 N–H and O–H groups in total. The molecule has 1 aliphatic rings. The number of fused-ring (bicyclic) bond motifs is 5. The van der Waals surface area contributed by atoms with Gasteiger partial charge in [-0.25, -0.2) is 4.99 Å². The number of carbonyl (C=O) groups excluding carboxylic acids is 1. The Hall–Kier alpha value is -4.62. The molecular formula is C35H25N7OS4. The standard InChI is InChI=1S/C35H25N7OS4/c1-4-41-34(43)33(45-35(41)44)36-28-18-27-26(31-32(28)40-47-39-31)17-25(29-30(27)38-46-37-29)21-9-15-24(16-10-21)42(22-11-5-19(2)6-12-22)23-13-7-20(3)8-14-23/h5-18H,4H2,1-3H3/b36-33+. The molecule has 1 fully saturated rings. The molecule has 3 heterocycles. The molecular weight excluding hydrogens is 663 g/mol. The topological polar surface area (TPSA) is 87.5 Å². The first kappa shape index (κ1) is 29.8. The van der Waals surface area contributed by atoms with Gasteiger partial charge in [-0.3, -0.25) is 9.69 Å². The van der Waals surface area contributed by atoms with Crippen LogP contribution in [0.15, 0.2) is 89.9 Å². The van der Waals surface area contributed by atoms with E-state index in [1.807, 2.05) is 13.0 Å². The van der Waals surface area contributed by atoms with Crippen molar-refractivity contribution in [3.8, 4) is 11.1 Å². The summed E-state index contributed by atoms with van der Waals surface area (Å²) in [5, 5.41) is 2.11. The summed E-state index contributed by atoms with van der Waals surface area (Å²) in [5.74, 6) is -0.193. The number of thioether (sulfide) groups is 1. The summed E-state index contributed by atoms with van der Waals surface area (Å²) >= 11 is 8.90. The van der Waals surface area contributed by atoms with E-state index in [0.717, 1.165) is 67.2 Å². The molecule has 1 amide bonds. The van der Waals surface area contributed by atoms with Crippen LogP contribution in [0, 0.1) is 13.8 Å². The lowest BCUT2D eigenvalue weighted by Gasteiger charge is -2.26. The van der Waals surface area contributed by atoms with Crippen molar-refractivity contribution in [2.75, 3.05) is 11.4 Å². The van der Waals surface area contributed by atoms with Crippen LogP contribution >= 0.6 is 47.4 Å². The second kappa shape index (κ2) is 11.9. The second-order valence-corrected chi connectivity index (χ2v) is 13.9. The van der Waals surface area contributed by atoms with Gasteiger partial charge in [0, 0.05) is 39.9 Å². The van der Waals surface area contributed by atoms with Gasteiger partial charge in [0.2, 0.25) is 0 Å². The quantitative estimate of drug-likeness (QED) is 0.160. The monoisotopic (exact) mass is 687 g/mol. The highest BCUT2D eigenvalue weighted by atomic mass is 32.2. The summed E-state index contributed by atoms with van der Waals surface area (Å²) in [4.78, 5) is 21.5. The highest BCUT2D eigenvalue weighted by molar-refractivity contribution is 8.35. The molecule has 8 nitrogen and oxygen atoms in total. The number of aryl methyl sites for hydroxylation is 2. The summed E-state index contributed by atoms with van der Waals surface area (Å²) in [5.41, 5.74) is 11.1. The Morgan fingerprint density at radius 2 is 1.23 bits per heavy atom. The normalized spacial score (nSPS) is 14.4. The van der Waals surface area contributed by atoms with Crippen LogP contribution in [-0.4, -0.2) is 44.2 Å². The zero-order valence-electron chi connectivity index (χ0n) is 25.5. The number of anilines is 3. The van der Waals surface area contributed by atoms with Crippen molar-refractivity contribution in [3.63, 3.8) is 0 Å². The number of hydrogen-bond donors (Lipinski definition) is 0. The summed E-state index contributed by atoms with van der Waals surface area (Å²) in [7, 11) is 0. The third-order valence-electron chi connectivity index (χ3n) is 8.24. The number of nitrogens with zero attached hydrogens (tertiary/aromatic N) is 7. The first-order valence-corrected chi connectivity index (χ1v) is 17.6. The Kier molecular flexibility index (Phi) is 7.52. The van der Waals surface area contributed by atoms with E-state index >= 15 is 0 Å². The van der Waals surface area contributed by atoms with Crippen LogP contribution in [0.4, 0.5) is 22.7 Å². The number of aliphatic imine (C=N–C) groups is 1. The molecule has 12 heteroatoms. The van der Waals surface area contributed by atoms with Crippen LogP contribution in [-0.2, 0) is 4.79 Å². The Morgan fingerprint density at radius 3 is 1.81 bits per heavy atom. The molecule has 0 unspecified atom stereocenters. The summed E-state index contributed by atoms with van der Waals surface area (Å²) < 4.78 is 19.2. The van der Waals surface area contributed by atoms with E-state index in [2.05, 4.69) is 106 Å².